The van der Waals surface area contributed by atoms with Gasteiger partial charge in [-0.25, -0.2) is 4.39 Å². The van der Waals surface area contributed by atoms with Crippen molar-refractivity contribution in [3.63, 3.8) is 0 Å². The van der Waals surface area contributed by atoms with Gasteiger partial charge in [0, 0.05) is 17.5 Å². The van der Waals surface area contributed by atoms with Crippen molar-refractivity contribution >= 4 is 11.6 Å². The van der Waals surface area contributed by atoms with E-state index in [-0.39, 0.29) is 28.9 Å². The molecule has 26 heavy (non-hydrogen) atoms. The second-order valence-electron chi connectivity index (χ2n) is 5.00. The third-order valence-corrected chi connectivity index (χ3v) is 3.22. The SMILES string of the molecule is O=C(C(=O)c1ccc(F)c(C#CCCF)c1)c1ccc(OC(F)F)cc1. The van der Waals surface area contributed by atoms with E-state index in [1.165, 1.54) is 12.1 Å². The lowest BCUT2D eigenvalue weighted by Crippen LogP contribution is -2.15. The Morgan fingerprint density at radius 2 is 1.62 bits per heavy atom. The molecule has 3 nitrogen and oxygen atoms in total. The van der Waals surface area contributed by atoms with Gasteiger partial charge in [-0.1, -0.05) is 11.8 Å². The topological polar surface area (TPSA) is 43.4 Å². The van der Waals surface area contributed by atoms with Gasteiger partial charge in [0.2, 0.25) is 11.6 Å². The van der Waals surface area contributed by atoms with E-state index < -0.39 is 30.7 Å². The molecule has 0 bridgehead atoms. The summed E-state index contributed by atoms with van der Waals surface area (Å²) in [6, 6.07) is 7.82. The lowest BCUT2D eigenvalue weighted by atomic mass is 9.99. The Morgan fingerprint density at radius 3 is 2.23 bits per heavy atom. The van der Waals surface area contributed by atoms with Crippen LogP contribution in [0.4, 0.5) is 17.6 Å². The molecule has 0 spiro atoms. The number of Topliss-reactive ketones (excluding diaryl/α,β-unsaturated/α-hetero) is 2. The van der Waals surface area contributed by atoms with Crippen LogP contribution in [0.25, 0.3) is 0 Å². The lowest BCUT2D eigenvalue weighted by Gasteiger charge is -2.05. The van der Waals surface area contributed by atoms with E-state index in [9.17, 15) is 27.2 Å². The van der Waals surface area contributed by atoms with E-state index in [0.29, 0.717) is 0 Å². The van der Waals surface area contributed by atoms with Gasteiger partial charge in [0.05, 0.1) is 5.56 Å². The van der Waals surface area contributed by atoms with Gasteiger partial charge in [-0.05, 0) is 42.5 Å². The minimum atomic E-state index is -3.01. The van der Waals surface area contributed by atoms with Crippen molar-refractivity contribution in [2.45, 2.75) is 13.0 Å². The fourth-order valence-electron chi connectivity index (χ4n) is 2.02. The molecule has 0 aromatic heterocycles. The van der Waals surface area contributed by atoms with E-state index in [1.54, 1.807) is 0 Å². The Labute approximate surface area is 146 Å². The fourth-order valence-corrected chi connectivity index (χ4v) is 2.02. The maximum atomic E-state index is 13.7. The van der Waals surface area contributed by atoms with Crippen LogP contribution in [0.1, 0.15) is 32.7 Å². The molecular formula is C19H12F4O3. The quantitative estimate of drug-likeness (QED) is 0.334. The number of hydrogen-bond acceptors (Lipinski definition) is 3. The van der Waals surface area contributed by atoms with Crippen LogP contribution in [0.5, 0.6) is 5.75 Å². The van der Waals surface area contributed by atoms with Gasteiger partial charge in [0.1, 0.15) is 18.2 Å². The first kappa shape index (κ1) is 19.2. The summed E-state index contributed by atoms with van der Waals surface area (Å²) in [6.45, 7) is -3.69. The summed E-state index contributed by atoms with van der Waals surface area (Å²) in [5, 5.41) is 0. The van der Waals surface area contributed by atoms with Crippen LogP contribution in [0.2, 0.25) is 0 Å². The molecule has 0 radical (unpaired) electrons. The third-order valence-electron chi connectivity index (χ3n) is 3.22. The Balaban J connectivity index is 2.21. The van der Waals surface area contributed by atoms with Crippen LogP contribution in [0, 0.1) is 17.7 Å². The molecule has 0 amide bonds. The summed E-state index contributed by atoms with van der Waals surface area (Å²) in [7, 11) is 0. The maximum Gasteiger partial charge on any atom is 0.387 e. The van der Waals surface area contributed by atoms with Gasteiger partial charge in [0.25, 0.3) is 0 Å². The van der Waals surface area contributed by atoms with E-state index >= 15 is 0 Å². The van der Waals surface area contributed by atoms with E-state index in [0.717, 1.165) is 30.3 Å². The van der Waals surface area contributed by atoms with Crippen LogP contribution < -0.4 is 4.74 Å². The molecule has 0 N–H and O–H groups in total. The second-order valence-corrected chi connectivity index (χ2v) is 5.00. The number of ether oxygens (including phenoxy) is 1. The monoisotopic (exact) mass is 364 g/mol. The minimum absolute atomic E-state index is 0.0361. The molecule has 0 heterocycles. The van der Waals surface area contributed by atoms with Gasteiger partial charge in [-0.15, -0.1) is 0 Å². The summed E-state index contributed by atoms with van der Waals surface area (Å²) in [6.07, 6.45) is -0.0798. The van der Waals surface area contributed by atoms with Crippen molar-refractivity contribution in [1.29, 1.82) is 0 Å². The lowest BCUT2D eigenvalue weighted by molar-refractivity contribution is -0.0498. The molecule has 0 aliphatic carbocycles. The molecule has 134 valence electrons. The standard InChI is InChI=1S/C19H12F4O3/c20-10-2-1-3-13-11-14(6-9-16(13)21)18(25)17(24)12-4-7-15(8-5-12)26-19(22)23/h4-9,11,19H,2,10H2. The average molecular weight is 364 g/mol. The Hall–Kier alpha value is -3.14. The number of halogens is 4. The number of ketones is 2. The van der Waals surface area contributed by atoms with Crippen molar-refractivity contribution in [3.05, 3.63) is 65.0 Å². The summed E-state index contributed by atoms with van der Waals surface area (Å²) >= 11 is 0. The van der Waals surface area contributed by atoms with Crippen molar-refractivity contribution in [2.24, 2.45) is 0 Å². The summed E-state index contributed by atoms with van der Waals surface area (Å²) in [5.74, 6) is 2.13. The molecule has 0 saturated heterocycles. The normalized spacial score (nSPS) is 10.2. The first-order valence-electron chi connectivity index (χ1n) is 7.40. The number of carbonyl (C=O) groups is 2. The van der Waals surface area contributed by atoms with Gasteiger partial charge in [0.15, 0.2) is 0 Å². The molecule has 0 unspecified atom stereocenters. The van der Waals surface area contributed by atoms with Gasteiger partial charge in [-0.2, -0.15) is 8.78 Å². The highest BCUT2D eigenvalue weighted by molar-refractivity contribution is 6.49. The Kier molecular flexibility index (Phi) is 6.50. The molecular weight excluding hydrogens is 352 g/mol. The average Bonchev–Trinajstić information content (AvgIpc) is 2.62. The number of alkyl halides is 3. The highest BCUT2D eigenvalue weighted by Gasteiger charge is 2.19. The van der Waals surface area contributed by atoms with Crippen molar-refractivity contribution < 1.29 is 31.9 Å². The van der Waals surface area contributed by atoms with Crippen LogP contribution in [0.3, 0.4) is 0 Å². The largest absolute Gasteiger partial charge is 0.435 e. The second kappa shape index (κ2) is 8.81. The van der Waals surface area contributed by atoms with Crippen LogP contribution in [0.15, 0.2) is 42.5 Å². The summed E-state index contributed by atoms with van der Waals surface area (Å²) in [5.41, 5.74) is -0.252. The van der Waals surface area contributed by atoms with Gasteiger partial charge in [-0.3, -0.25) is 14.0 Å². The molecule has 2 rings (SSSR count). The van der Waals surface area contributed by atoms with Gasteiger partial charge < -0.3 is 4.74 Å². The Morgan fingerprint density at radius 1 is 1.00 bits per heavy atom. The number of benzene rings is 2. The highest BCUT2D eigenvalue weighted by Crippen LogP contribution is 2.17. The van der Waals surface area contributed by atoms with E-state index in [2.05, 4.69) is 16.6 Å². The third kappa shape index (κ3) is 4.93. The van der Waals surface area contributed by atoms with Crippen molar-refractivity contribution in [1.82, 2.24) is 0 Å². The molecule has 2 aromatic rings. The molecule has 7 heteroatoms. The predicted octanol–water partition coefficient (Wildman–Crippen LogP) is 4.20. The molecule has 0 aliphatic rings. The van der Waals surface area contributed by atoms with E-state index in [4.69, 9.17) is 0 Å². The van der Waals surface area contributed by atoms with Crippen molar-refractivity contribution in [3.8, 4) is 17.6 Å². The van der Waals surface area contributed by atoms with E-state index in [1.807, 2.05) is 0 Å². The molecule has 0 fully saturated rings. The fraction of sp³-hybridized carbons (Fsp3) is 0.158. The maximum absolute atomic E-state index is 13.7. The number of hydrogen-bond donors (Lipinski definition) is 0. The molecule has 0 atom stereocenters. The van der Waals surface area contributed by atoms with Crippen LogP contribution in [-0.4, -0.2) is 24.9 Å². The molecule has 0 saturated carbocycles. The zero-order valence-electron chi connectivity index (χ0n) is 13.3. The first-order valence-corrected chi connectivity index (χ1v) is 7.40. The molecule has 2 aromatic carbocycles. The Bertz CT molecular complexity index is 865. The summed E-state index contributed by atoms with van der Waals surface area (Å²) in [4.78, 5) is 24.5. The van der Waals surface area contributed by atoms with Crippen molar-refractivity contribution in [2.75, 3.05) is 6.67 Å². The predicted molar refractivity (Wildman–Crippen MR) is 85.6 cm³/mol. The highest BCUT2D eigenvalue weighted by atomic mass is 19.3. The number of carbonyl (C=O) groups excluding carboxylic acids is 2. The zero-order chi connectivity index (χ0) is 19.1. The molecule has 0 aliphatic heterocycles. The van der Waals surface area contributed by atoms with Gasteiger partial charge >= 0.3 is 6.61 Å². The smallest absolute Gasteiger partial charge is 0.387 e. The minimum Gasteiger partial charge on any atom is -0.435 e. The first-order chi connectivity index (χ1) is 12.4. The van der Waals surface area contributed by atoms with Crippen LogP contribution >= 0.6 is 0 Å². The van der Waals surface area contributed by atoms with Crippen LogP contribution in [-0.2, 0) is 0 Å². The summed E-state index contributed by atoms with van der Waals surface area (Å²) < 4.78 is 54.1. The zero-order valence-corrected chi connectivity index (χ0v) is 13.3. The number of rotatable bonds is 6.